The number of fused-ring (bicyclic) bond motifs is 1. The smallest absolute Gasteiger partial charge is 0.310 e. The molecule has 3 N–H and O–H groups in total. The first-order valence-electron chi connectivity index (χ1n) is 12.1. The normalized spacial score (nSPS) is 13.4. The monoisotopic (exact) mass is 483 g/mol. The van der Waals surface area contributed by atoms with Gasteiger partial charge in [-0.15, -0.1) is 0 Å². The van der Waals surface area contributed by atoms with E-state index in [9.17, 15) is 9.90 Å². The summed E-state index contributed by atoms with van der Waals surface area (Å²) in [5.41, 5.74) is 12.2. The minimum atomic E-state index is -0.727. The molecule has 6 nitrogen and oxygen atoms in total. The third-order valence-corrected chi connectivity index (χ3v) is 6.24. The fourth-order valence-electron chi connectivity index (χ4n) is 4.32. The van der Waals surface area contributed by atoms with Crippen molar-refractivity contribution in [3.8, 4) is 16.9 Å². The number of hydrogen-bond acceptors (Lipinski definition) is 6. The fraction of sp³-hybridized carbons (Fsp3) is 0.233. The highest BCUT2D eigenvalue weighted by Gasteiger charge is 2.24. The summed E-state index contributed by atoms with van der Waals surface area (Å²) in [7, 11) is 0. The van der Waals surface area contributed by atoms with Gasteiger partial charge in [0.15, 0.2) is 0 Å². The minimum absolute atomic E-state index is 0.152. The zero-order valence-electron chi connectivity index (χ0n) is 20.2. The number of aliphatic hydroxyl groups excluding tert-OH is 1. The molecule has 0 spiro atoms. The molecule has 1 aliphatic rings. The third-order valence-electron chi connectivity index (χ3n) is 6.24. The Morgan fingerprint density at radius 3 is 2.69 bits per heavy atom. The molecule has 1 aromatic heterocycles. The molecular formula is C30H29NO5. The second kappa shape index (κ2) is 10.4. The van der Waals surface area contributed by atoms with E-state index in [1.807, 2.05) is 66.7 Å². The van der Waals surface area contributed by atoms with Crippen molar-refractivity contribution in [1.82, 2.24) is 0 Å². The van der Waals surface area contributed by atoms with E-state index in [1.165, 1.54) is 0 Å². The molecule has 0 fully saturated rings. The van der Waals surface area contributed by atoms with Gasteiger partial charge in [0, 0.05) is 23.1 Å². The molecule has 1 aliphatic carbocycles. The van der Waals surface area contributed by atoms with Crippen molar-refractivity contribution in [2.75, 3.05) is 6.61 Å². The van der Waals surface area contributed by atoms with Crippen LogP contribution in [0.4, 0.5) is 0 Å². The Morgan fingerprint density at radius 2 is 1.92 bits per heavy atom. The van der Waals surface area contributed by atoms with Crippen molar-refractivity contribution >= 4 is 16.9 Å². The zero-order chi connectivity index (χ0) is 25.1. The summed E-state index contributed by atoms with van der Waals surface area (Å²) in [6.45, 7) is 2.87. The minimum Gasteiger partial charge on any atom is -0.489 e. The maximum Gasteiger partial charge on any atom is 0.310 e. The van der Waals surface area contributed by atoms with E-state index in [2.05, 4.69) is 6.07 Å². The molecule has 184 valence electrons. The lowest BCUT2D eigenvalue weighted by Gasteiger charge is -2.13. The highest BCUT2D eigenvalue weighted by atomic mass is 16.5. The van der Waals surface area contributed by atoms with Crippen LogP contribution in [0.3, 0.4) is 0 Å². The van der Waals surface area contributed by atoms with Crippen LogP contribution in [0.2, 0.25) is 0 Å². The standard InChI is InChI=1S/C30H29NO5/c1-2-34-28(32)16-23-7-3-4-9-26(23)35-18-20-13-24-15-27(29(33)21-10-11-21)36-30(24)25(14-20)22-8-5-6-19(12-22)17-31/h3-10,12-15,29,33H,2,11,16-18,31H2,1H3. The SMILES string of the molecule is CCOC(=O)Cc1ccccc1OCc1cc(-c2cccc(CN)c2)c2oc(C(O)C3=CC3)cc2c1. The molecule has 1 heterocycles. The van der Waals surface area contributed by atoms with Crippen molar-refractivity contribution in [3.05, 3.63) is 101 Å². The first-order valence-corrected chi connectivity index (χ1v) is 12.1. The summed E-state index contributed by atoms with van der Waals surface area (Å²) in [6.07, 6.45) is 2.23. The second-order valence-corrected chi connectivity index (χ2v) is 8.88. The lowest BCUT2D eigenvalue weighted by Crippen LogP contribution is -2.09. The van der Waals surface area contributed by atoms with Gasteiger partial charge in [-0.2, -0.15) is 0 Å². The predicted octanol–water partition coefficient (Wildman–Crippen LogP) is 5.61. The number of rotatable bonds is 10. The van der Waals surface area contributed by atoms with Crippen molar-refractivity contribution in [2.24, 2.45) is 5.73 Å². The highest BCUT2D eigenvalue weighted by Crippen LogP contribution is 2.39. The maximum absolute atomic E-state index is 12.0. The summed E-state index contributed by atoms with van der Waals surface area (Å²) in [6, 6.07) is 21.5. The van der Waals surface area contributed by atoms with Gasteiger partial charge in [0.05, 0.1) is 13.0 Å². The molecule has 0 aliphatic heterocycles. The Balaban J connectivity index is 1.49. The average molecular weight is 484 g/mol. The average Bonchev–Trinajstić information content (AvgIpc) is 3.66. The van der Waals surface area contributed by atoms with Crippen LogP contribution in [-0.2, 0) is 29.1 Å². The number of allylic oxidation sites excluding steroid dienone is 1. The molecule has 1 unspecified atom stereocenters. The molecule has 0 radical (unpaired) electrons. The number of ether oxygens (including phenoxy) is 2. The number of carbonyl (C=O) groups is 1. The van der Waals surface area contributed by atoms with Crippen molar-refractivity contribution in [1.29, 1.82) is 0 Å². The summed E-state index contributed by atoms with van der Waals surface area (Å²) in [5.74, 6) is 0.886. The van der Waals surface area contributed by atoms with Gasteiger partial charge in [0.25, 0.3) is 0 Å². The zero-order valence-corrected chi connectivity index (χ0v) is 20.2. The summed E-state index contributed by atoms with van der Waals surface area (Å²) in [5, 5.41) is 11.5. The largest absolute Gasteiger partial charge is 0.489 e. The number of hydrogen-bond donors (Lipinski definition) is 2. The first kappa shape index (κ1) is 23.9. The van der Waals surface area contributed by atoms with Crippen LogP contribution in [0.5, 0.6) is 5.75 Å². The number of nitrogens with two attached hydrogens (primary N) is 1. The second-order valence-electron chi connectivity index (χ2n) is 8.88. The number of aliphatic hydroxyl groups is 1. The highest BCUT2D eigenvalue weighted by molar-refractivity contribution is 5.94. The third kappa shape index (κ3) is 5.20. The molecule has 0 amide bonds. The van der Waals surface area contributed by atoms with Crippen LogP contribution in [0.1, 0.15) is 41.9 Å². The molecule has 0 saturated carbocycles. The van der Waals surface area contributed by atoms with Crippen molar-refractivity contribution in [2.45, 2.75) is 39.0 Å². The van der Waals surface area contributed by atoms with Gasteiger partial charge in [-0.05, 0) is 65.9 Å². The van der Waals surface area contributed by atoms with Crippen molar-refractivity contribution < 1.29 is 23.8 Å². The summed E-state index contributed by atoms with van der Waals surface area (Å²) in [4.78, 5) is 12.0. The molecule has 5 rings (SSSR count). The van der Waals surface area contributed by atoms with Gasteiger partial charge in [0.2, 0.25) is 0 Å². The molecule has 4 aromatic rings. The van der Waals surface area contributed by atoms with E-state index in [1.54, 1.807) is 6.92 Å². The molecule has 0 bridgehead atoms. The van der Waals surface area contributed by atoms with Crippen LogP contribution in [-0.4, -0.2) is 17.7 Å². The quantitative estimate of drug-likeness (QED) is 0.225. The molecule has 0 saturated heterocycles. The van der Waals surface area contributed by atoms with Gasteiger partial charge in [-0.1, -0.05) is 42.5 Å². The van der Waals surface area contributed by atoms with Crippen molar-refractivity contribution in [3.63, 3.8) is 0 Å². The Kier molecular flexibility index (Phi) is 6.89. The molecule has 6 heteroatoms. The van der Waals surface area contributed by atoms with Crippen LogP contribution in [0, 0.1) is 0 Å². The number of carbonyl (C=O) groups excluding carboxylic acids is 1. The van der Waals surface area contributed by atoms with E-state index in [4.69, 9.17) is 19.6 Å². The molecular weight excluding hydrogens is 454 g/mol. The van der Waals surface area contributed by atoms with Gasteiger partial charge < -0.3 is 24.7 Å². The number of esters is 1. The topological polar surface area (TPSA) is 94.9 Å². The van der Waals surface area contributed by atoms with Crippen LogP contribution in [0.25, 0.3) is 22.1 Å². The van der Waals surface area contributed by atoms with E-state index in [0.29, 0.717) is 36.9 Å². The van der Waals surface area contributed by atoms with Gasteiger partial charge in [0.1, 0.15) is 29.8 Å². The van der Waals surface area contributed by atoms with E-state index < -0.39 is 6.10 Å². The Hall–Kier alpha value is -3.87. The van der Waals surface area contributed by atoms with E-state index >= 15 is 0 Å². The summed E-state index contributed by atoms with van der Waals surface area (Å²) >= 11 is 0. The van der Waals surface area contributed by atoms with Crippen LogP contribution in [0.15, 0.2) is 82.8 Å². The Labute approximate surface area is 209 Å². The van der Waals surface area contributed by atoms with Gasteiger partial charge in [-0.3, -0.25) is 4.79 Å². The fourth-order valence-corrected chi connectivity index (χ4v) is 4.32. The Bertz CT molecular complexity index is 1430. The van der Waals surface area contributed by atoms with Gasteiger partial charge in [-0.25, -0.2) is 0 Å². The van der Waals surface area contributed by atoms with Crippen LogP contribution < -0.4 is 10.5 Å². The number of furan rings is 1. The number of benzene rings is 3. The van der Waals surface area contributed by atoms with E-state index in [-0.39, 0.29) is 12.4 Å². The Morgan fingerprint density at radius 1 is 1.08 bits per heavy atom. The maximum atomic E-state index is 12.0. The lowest BCUT2D eigenvalue weighted by molar-refractivity contribution is -0.142. The number of para-hydroxylation sites is 1. The van der Waals surface area contributed by atoms with E-state index in [0.717, 1.165) is 45.2 Å². The summed E-state index contributed by atoms with van der Waals surface area (Å²) < 4.78 is 17.5. The lowest BCUT2D eigenvalue weighted by atomic mass is 9.99. The molecule has 3 aromatic carbocycles. The predicted molar refractivity (Wildman–Crippen MR) is 138 cm³/mol. The molecule has 36 heavy (non-hydrogen) atoms. The van der Waals surface area contributed by atoms with Gasteiger partial charge >= 0.3 is 5.97 Å². The van der Waals surface area contributed by atoms with Crippen LogP contribution >= 0.6 is 0 Å². The molecule has 1 atom stereocenters. The first-order chi connectivity index (χ1) is 17.6.